The molecular weight excluding hydrogens is 482 g/mol. The second kappa shape index (κ2) is 10.1. The van der Waals surface area contributed by atoms with Crippen molar-refractivity contribution < 1.29 is 40.6 Å². The van der Waals surface area contributed by atoms with Crippen LogP contribution in [0.5, 0.6) is 11.5 Å². The minimum absolute atomic E-state index is 0.000466. The van der Waals surface area contributed by atoms with E-state index in [1.54, 1.807) is 13.8 Å². The Kier molecular flexibility index (Phi) is 7.58. The average molecular weight is 504 g/mol. The highest BCUT2D eigenvalue weighted by Gasteiger charge is 2.42. The van der Waals surface area contributed by atoms with Crippen LogP contribution < -0.4 is 14.8 Å². The molecule has 3 rings (SSSR count). The van der Waals surface area contributed by atoms with E-state index in [1.807, 2.05) is 0 Å². The van der Waals surface area contributed by atoms with Crippen molar-refractivity contribution in [2.45, 2.75) is 38.3 Å². The van der Waals surface area contributed by atoms with E-state index in [0.717, 1.165) is 25.4 Å². The van der Waals surface area contributed by atoms with Crippen LogP contribution in [0.4, 0.5) is 32.2 Å². The number of nitrogens with one attached hydrogen (secondary N) is 1. The summed E-state index contributed by atoms with van der Waals surface area (Å²) >= 11 is 0. The smallest absolute Gasteiger partial charge is 0.427 e. The van der Waals surface area contributed by atoms with Crippen LogP contribution in [0, 0.1) is 6.92 Å². The Morgan fingerprint density at radius 3 is 2.31 bits per heavy atom. The van der Waals surface area contributed by atoms with E-state index in [-0.39, 0.29) is 28.4 Å². The lowest BCUT2D eigenvalue weighted by atomic mass is 10.1. The number of alkyl halides is 6. The Bertz CT molecular complexity index is 1190. The fourth-order valence-electron chi connectivity index (χ4n) is 3.25. The molecule has 1 aromatic carbocycles. The summed E-state index contributed by atoms with van der Waals surface area (Å²) in [6.45, 7) is 2.41. The summed E-state index contributed by atoms with van der Waals surface area (Å²) < 4.78 is 94.4. The molecule has 13 heteroatoms. The number of nitrogens with zero attached hydrogens (tertiary/aromatic N) is 3. The lowest BCUT2D eigenvalue weighted by Gasteiger charge is -2.23. The zero-order valence-electron chi connectivity index (χ0n) is 19.1. The molecule has 0 amide bonds. The predicted octanol–water partition coefficient (Wildman–Crippen LogP) is 5.49. The molecule has 2 atom stereocenters. The van der Waals surface area contributed by atoms with E-state index < -0.39 is 36.7 Å². The Morgan fingerprint density at radius 2 is 1.71 bits per heavy atom. The number of pyridine rings is 1. The van der Waals surface area contributed by atoms with Gasteiger partial charge in [0.2, 0.25) is 6.10 Å². The summed E-state index contributed by atoms with van der Waals surface area (Å²) in [7, 11) is 2.38. The number of methoxy groups -OCH3 is 2. The van der Waals surface area contributed by atoms with Crippen molar-refractivity contribution in [2.24, 2.45) is 0 Å². The highest BCUT2D eigenvalue weighted by atomic mass is 19.4. The molecule has 1 N–H and O–H groups in total. The van der Waals surface area contributed by atoms with Gasteiger partial charge in [-0.2, -0.15) is 26.3 Å². The summed E-state index contributed by atoms with van der Waals surface area (Å²) in [5.41, 5.74) is -0.452. The maximum absolute atomic E-state index is 13.4. The van der Waals surface area contributed by atoms with Gasteiger partial charge < -0.3 is 19.5 Å². The summed E-state index contributed by atoms with van der Waals surface area (Å²) in [5.74, 6) is 0.244. The quantitative estimate of drug-likeness (QED) is 0.407. The minimum Gasteiger partial charge on any atom is -0.493 e. The molecule has 7 nitrogen and oxygen atoms in total. The second-order valence-electron chi connectivity index (χ2n) is 7.58. The number of aromatic nitrogens is 3. The van der Waals surface area contributed by atoms with Crippen LogP contribution in [0.1, 0.15) is 30.0 Å². The first kappa shape index (κ1) is 26.3. The van der Waals surface area contributed by atoms with Crippen molar-refractivity contribution in [3.63, 3.8) is 0 Å². The van der Waals surface area contributed by atoms with E-state index in [0.29, 0.717) is 11.3 Å². The summed E-state index contributed by atoms with van der Waals surface area (Å²) in [4.78, 5) is 12.6. The molecule has 0 saturated heterocycles. The Balaban J connectivity index is 2.04. The zero-order valence-corrected chi connectivity index (χ0v) is 19.1. The Hall–Kier alpha value is -3.35. The number of hydrogen-bond donors (Lipinski definition) is 1. The number of fused-ring (bicyclic) bond motifs is 1. The first-order valence-electron chi connectivity index (χ1n) is 10.2. The van der Waals surface area contributed by atoms with Gasteiger partial charge in [0, 0.05) is 24.8 Å². The summed E-state index contributed by atoms with van der Waals surface area (Å²) in [6, 6.07) is 3.68. The molecular formula is C22H22F6N4O3. The largest absolute Gasteiger partial charge is 0.493 e. The monoisotopic (exact) mass is 504 g/mol. The predicted molar refractivity (Wildman–Crippen MR) is 114 cm³/mol. The van der Waals surface area contributed by atoms with Gasteiger partial charge in [-0.15, -0.1) is 0 Å². The number of rotatable bonds is 8. The van der Waals surface area contributed by atoms with Gasteiger partial charge in [-0.25, -0.2) is 9.97 Å². The zero-order chi connectivity index (χ0) is 26.0. The van der Waals surface area contributed by atoms with Crippen LogP contribution in [0.3, 0.4) is 0 Å². The number of aryl methyl sites for hydroxylation is 1. The maximum atomic E-state index is 13.4. The molecule has 0 aliphatic rings. The van der Waals surface area contributed by atoms with E-state index in [9.17, 15) is 26.3 Å². The topological polar surface area (TPSA) is 78.4 Å². The Morgan fingerprint density at radius 1 is 1.00 bits per heavy atom. The molecule has 0 saturated carbocycles. The molecule has 1 unspecified atom stereocenters. The van der Waals surface area contributed by atoms with Crippen molar-refractivity contribution in [2.75, 3.05) is 26.1 Å². The van der Waals surface area contributed by atoms with Gasteiger partial charge in [0.1, 0.15) is 11.6 Å². The third kappa shape index (κ3) is 6.21. The van der Waals surface area contributed by atoms with Crippen LogP contribution in [-0.2, 0) is 10.9 Å². The van der Waals surface area contributed by atoms with Crippen LogP contribution in [0.2, 0.25) is 0 Å². The van der Waals surface area contributed by atoms with Gasteiger partial charge in [-0.3, -0.25) is 4.98 Å². The van der Waals surface area contributed by atoms with Crippen LogP contribution in [0.25, 0.3) is 10.9 Å². The number of benzene rings is 1. The van der Waals surface area contributed by atoms with Gasteiger partial charge in [-0.1, -0.05) is 0 Å². The van der Waals surface area contributed by atoms with Crippen molar-refractivity contribution in [1.82, 2.24) is 15.0 Å². The molecule has 2 heterocycles. The fraction of sp³-hybridized carbons (Fsp3) is 0.409. The molecule has 0 bridgehead atoms. The summed E-state index contributed by atoms with van der Waals surface area (Å²) in [6.07, 6.45) is -10.5. The van der Waals surface area contributed by atoms with E-state index in [2.05, 4.69) is 25.0 Å². The van der Waals surface area contributed by atoms with Crippen LogP contribution >= 0.6 is 0 Å². The molecule has 0 aliphatic carbocycles. The lowest BCUT2D eigenvalue weighted by Crippen LogP contribution is -2.38. The lowest BCUT2D eigenvalue weighted by molar-refractivity contribution is -0.206. The SMILES string of the molecule is COCC(Oc1cc2c(N[C@H](C)c3cc(C(F)(F)F)ccn3)nc(C)nc2cc1OC)C(F)(F)F. The first-order valence-corrected chi connectivity index (χ1v) is 10.2. The van der Waals surface area contributed by atoms with E-state index in [4.69, 9.17) is 9.47 Å². The second-order valence-corrected chi connectivity index (χ2v) is 7.58. The first-order chi connectivity index (χ1) is 16.3. The van der Waals surface area contributed by atoms with Crippen LogP contribution in [-0.4, -0.2) is 48.1 Å². The standard InChI is InChI=1S/C22H22F6N4O3/c1-11(15-7-13(5-6-29-15)21(23,24)25)30-20-14-8-18(35-19(10-33-3)22(26,27)28)17(34-4)9-16(14)31-12(2)32-20/h5-9,11,19H,10H2,1-4H3,(H,30,31,32)/t11-,19?/m1/s1. The minimum atomic E-state index is -4.72. The van der Waals surface area contributed by atoms with Gasteiger partial charge in [0.05, 0.1) is 36.5 Å². The molecule has 3 aromatic rings. The molecule has 0 aliphatic heterocycles. The van der Waals surface area contributed by atoms with Crippen LogP contribution in [0.15, 0.2) is 30.5 Å². The van der Waals surface area contributed by atoms with Crippen molar-refractivity contribution in [1.29, 1.82) is 0 Å². The molecule has 190 valence electrons. The van der Waals surface area contributed by atoms with Gasteiger partial charge >= 0.3 is 12.4 Å². The van der Waals surface area contributed by atoms with E-state index >= 15 is 0 Å². The number of hydrogen-bond acceptors (Lipinski definition) is 7. The number of anilines is 1. The highest BCUT2D eigenvalue weighted by Crippen LogP contribution is 2.38. The Labute approximate surface area is 196 Å². The summed E-state index contributed by atoms with van der Waals surface area (Å²) in [5, 5.41) is 3.24. The maximum Gasteiger partial charge on any atom is 0.427 e. The van der Waals surface area contributed by atoms with Gasteiger partial charge in [0.15, 0.2) is 11.5 Å². The van der Waals surface area contributed by atoms with Gasteiger partial charge in [-0.05, 0) is 32.0 Å². The number of halogens is 6. The molecule has 0 spiro atoms. The third-order valence-corrected chi connectivity index (χ3v) is 4.95. The molecule has 35 heavy (non-hydrogen) atoms. The van der Waals surface area contributed by atoms with E-state index in [1.165, 1.54) is 19.2 Å². The highest BCUT2D eigenvalue weighted by molar-refractivity contribution is 5.92. The molecule has 0 fully saturated rings. The third-order valence-electron chi connectivity index (χ3n) is 4.95. The average Bonchev–Trinajstić information content (AvgIpc) is 2.77. The molecule has 2 aromatic heterocycles. The van der Waals surface area contributed by atoms with Gasteiger partial charge in [0.25, 0.3) is 0 Å². The van der Waals surface area contributed by atoms with Crippen molar-refractivity contribution in [3.8, 4) is 11.5 Å². The fourth-order valence-corrected chi connectivity index (χ4v) is 3.25. The normalized spacial score (nSPS) is 14.0. The number of ether oxygens (including phenoxy) is 3. The van der Waals surface area contributed by atoms with Crippen molar-refractivity contribution >= 4 is 16.7 Å². The van der Waals surface area contributed by atoms with Crippen molar-refractivity contribution in [3.05, 3.63) is 47.5 Å². The molecule has 0 radical (unpaired) electrons.